The summed E-state index contributed by atoms with van der Waals surface area (Å²) in [6.45, 7) is 18.5. The standard InChI is InChI=1S/C16H22.2C2H6/c1-5-7-14(6-2)12-15-8-10-16(11-9-15)13(3)4;2*1-2/h6-11,13H,2,5,12H2,1,3-4H3;2*1-2H3/b14-7+;;. The van der Waals surface area contributed by atoms with E-state index >= 15 is 0 Å². The quantitative estimate of drug-likeness (QED) is 0.511. The van der Waals surface area contributed by atoms with Crippen LogP contribution in [0.4, 0.5) is 0 Å². The summed E-state index contributed by atoms with van der Waals surface area (Å²) in [6.07, 6.45) is 6.27. The summed E-state index contributed by atoms with van der Waals surface area (Å²) in [5.41, 5.74) is 4.09. The lowest BCUT2D eigenvalue weighted by Gasteiger charge is -2.07. The number of allylic oxidation sites excluding steroid dienone is 3. The van der Waals surface area contributed by atoms with E-state index in [0.29, 0.717) is 5.92 Å². The van der Waals surface area contributed by atoms with Gasteiger partial charge < -0.3 is 0 Å². The molecule has 0 aliphatic rings. The van der Waals surface area contributed by atoms with Crippen molar-refractivity contribution in [1.29, 1.82) is 0 Å². The summed E-state index contributed by atoms with van der Waals surface area (Å²) < 4.78 is 0. The summed E-state index contributed by atoms with van der Waals surface area (Å²) in [7, 11) is 0. The summed E-state index contributed by atoms with van der Waals surface area (Å²) in [5.74, 6) is 0.610. The molecule has 0 atom stereocenters. The summed E-state index contributed by atoms with van der Waals surface area (Å²) in [5, 5.41) is 0. The van der Waals surface area contributed by atoms with Crippen molar-refractivity contribution in [1.82, 2.24) is 0 Å². The molecule has 0 radical (unpaired) electrons. The van der Waals surface area contributed by atoms with E-state index in [1.165, 1.54) is 16.7 Å². The molecule has 20 heavy (non-hydrogen) atoms. The first kappa shape index (κ1) is 21.0. The third-order valence-electron chi connectivity index (χ3n) is 2.78. The highest BCUT2D eigenvalue weighted by molar-refractivity contribution is 5.30. The fourth-order valence-electron chi connectivity index (χ4n) is 1.75. The largest absolute Gasteiger partial charge is 0.0988 e. The predicted molar refractivity (Wildman–Crippen MR) is 95.5 cm³/mol. The lowest BCUT2D eigenvalue weighted by atomic mass is 9.98. The number of hydrogen-bond donors (Lipinski definition) is 0. The van der Waals surface area contributed by atoms with Crippen molar-refractivity contribution < 1.29 is 0 Å². The molecule has 1 aromatic carbocycles. The van der Waals surface area contributed by atoms with E-state index in [1.54, 1.807) is 0 Å². The minimum atomic E-state index is 0.610. The molecule has 1 rings (SSSR count). The maximum absolute atomic E-state index is 3.85. The Morgan fingerprint density at radius 2 is 1.55 bits per heavy atom. The lowest BCUT2D eigenvalue weighted by Crippen LogP contribution is -1.91. The highest BCUT2D eigenvalue weighted by atomic mass is 14.0. The lowest BCUT2D eigenvalue weighted by molar-refractivity contribution is 0.865. The van der Waals surface area contributed by atoms with Crippen molar-refractivity contribution in [3.63, 3.8) is 0 Å². The zero-order valence-corrected chi connectivity index (χ0v) is 14.7. The van der Waals surface area contributed by atoms with Gasteiger partial charge >= 0.3 is 0 Å². The summed E-state index contributed by atoms with van der Waals surface area (Å²) >= 11 is 0. The van der Waals surface area contributed by atoms with Gasteiger partial charge in [0.1, 0.15) is 0 Å². The van der Waals surface area contributed by atoms with E-state index in [9.17, 15) is 0 Å². The fourth-order valence-corrected chi connectivity index (χ4v) is 1.75. The number of rotatable bonds is 5. The van der Waals surface area contributed by atoms with Crippen molar-refractivity contribution in [2.24, 2.45) is 0 Å². The second-order valence-electron chi connectivity index (χ2n) is 4.46. The molecule has 0 heteroatoms. The van der Waals surface area contributed by atoms with E-state index in [0.717, 1.165) is 12.8 Å². The minimum absolute atomic E-state index is 0.610. The summed E-state index contributed by atoms with van der Waals surface area (Å²) in [6, 6.07) is 8.91. The molecule has 0 aliphatic heterocycles. The van der Waals surface area contributed by atoms with Crippen LogP contribution in [-0.2, 0) is 6.42 Å². The van der Waals surface area contributed by atoms with Gasteiger partial charge in [0.15, 0.2) is 0 Å². The first-order chi connectivity index (χ1) is 9.67. The van der Waals surface area contributed by atoms with Crippen LogP contribution in [0.15, 0.2) is 48.6 Å². The first-order valence-electron chi connectivity index (χ1n) is 8.07. The smallest absolute Gasteiger partial charge is 0.00291 e. The Balaban J connectivity index is 0. The Morgan fingerprint density at radius 3 is 1.90 bits per heavy atom. The van der Waals surface area contributed by atoms with Gasteiger partial charge in [-0.15, -0.1) is 0 Å². The maximum Gasteiger partial charge on any atom is -0.00291 e. The molecule has 1 aromatic rings. The van der Waals surface area contributed by atoms with Gasteiger partial charge in [-0.25, -0.2) is 0 Å². The normalized spacial score (nSPS) is 10.1. The molecule has 0 spiro atoms. The van der Waals surface area contributed by atoms with Gasteiger partial charge in [0.25, 0.3) is 0 Å². The van der Waals surface area contributed by atoms with Crippen LogP contribution in [0.5, 0.6) is 0 Å². The van der Waals surface area contributed by atoms with Crippen molar-refractivity contribution in [3.05, 3.63) is 59.7 Å². The number of hydrogen-bond acceptors (Lipinski definition) is 0. The average Bonchev–Trinajstić information content (AvgIpc) is 2.51. The molecule has 0 bridgehead atoms. The second kappa shape index (κ2) is 14.1. The van der Waals surface area contributed by atoms with Crippen LogP contribution in [0.3, 0.4) is 0 Å². The van der Waals surface area contributed by atoms with Crippen LogP contribution in [-0.4, -0.2) is 0 Å². The minimum Gasteiger partial charge on any atom is -0.0988 e. The molecular weight excluding hydrogens is 240 g/mol. The van der Waals surface area contributed by atoms with Crippen LogP contribution < -0.4 is 0 Å². The topological polar surface area (TPSA) is 0 Å². The Hall–Kier alpha value is -1.30. The molecule has 0 fully saturated rings. The van der Waals surface area contributed by atoms with Gasteiger partial charge in [-0.1, -0.05) is 91.5 Å². The number of benzene rings is 1. The Labute approximate surface area is 127 Å². The molecule has 0 saturated carbocycles. The van der Waals surface area contributed by atoms with Crippen LogP contribution in [0, 0.1) is 0 Å². The predicted octanol–water partition coefficient (Wildman–Crippen LogP) is 6.93. The van der Waals surface area contributed by atoms with Crippen LogP contribution >= 0.6 is 0 Å². The molecule has 0 unspecified atom stereocenters. The van der Waals surface area contributed by atoms with Gasteiger partial charge in [0.05, 0.1) is 0 Å². The van der Waals surface area contributed by atoms with Crippen LogP contribution in [0.2, 0.25) is 0 Å². The molecular formula is C20H34. The highest BCUT2D eigenvalue weighted by Crippen LogP contribution is 2.16. The summed E-state index contributed by atoms with van der Waals surface area (Å²) in [4.78, 5) is 0. The molecule has 0 N–H and O–H groups in total. The van der Waals surface area contributed by atoms with Gasteiger partial charge in [-0.05, 0) is 35.5 Å². The maximum atomic E-state index is 3.85. The van der Waals surface area contributed by atoms with Crippen LogP contribution in [0.1, 0.15) is 71.9 Å². The average molecular weight is 274 g/mol. The van der Waals surface area contributed by atoms with Gasteiger partial charge in [-0.2, -0.15) is 0 Å². The van der Waals surface area contributed by atoms with Gasteiger partial charge in [0.2, 0.25) is 0 Å². The van der Waals surface area contributed by atoms with Crippen molar-refractivity contribution in [2.45, 2.75) is 67.2 Å². The third-order valence-corrected chi connectivity index (χ3v) is 2.78. The van der Waals surface area contributed by atoms with Crippen molar-refractivity contribution >= 4 is 0 Å². The molecule has 0 aliphatic carbocycles. The molecule has 0 aromatic heterocycles. The highest BCUT2D eigenvalue weighted by Gasteiger charge is 1.99. The monoisotopic (exact) mass is 274 g/mol. The Morgan fingerprint density at radius 1 is 1.05 bits per heavy atom. The van der Waals surface area contributed by atoms with Gasteiger partial charge in [-0.3, -0.25) is 0 Å². The molecule has 114 valence electrons. The Bertz CT molecular complexity index is 352. The zero-order chi connectivity index (χ0) is 16.0. The molecule has 0 nitrogen and oxygen atoms in total. The van der Waals surface area contributed by atoms with Gasteiger partial charge in [0, 0.05) is 0 Å². The van der Waals surface area contributed by atoms with Crippen LogP contribution in [0.25, 0.3) is 0 Å². The zero-order valence-electron chi connectivity index (χ0n) is 14.7. The molecule has 0 saturated heterocycles. The van der Waals surface area contributed by atoms with E-state index < -0.39 is 0 Å². The van der Waals surface area contributed by atoms with Crippen molar-refractivity contribution in [2.75, 3.05) is 0 Å². The van der Waals surface area contributed by atoms with E-state index in [-0.39, 0.29) is 0 Å². The fraction of sp³-hybridized carbons (Fsp3) is 0.500. The first-order valence-corrected chi connectivity index (χ1v) is 8.07. The Kier molecular flexibility index (Phi) is 14.8. The van der Waals surface area contributed by atoms with E-state index in [1.807, 2.05) is 33.8 Å². The molecule has 0 amide bonds. The third kappa shape index (κ3) is 8.74. The van der Waals surface area contributed by atoms with E-state index in [4.69, 9.17) is 0 Å². The second-order valence-corrected chi connectivity index (χ2v) is 4.46. The van der Waals surface area contributed by atoms with Crippen molar-refractivity contribution in [3.8, 4) is 0 Å². The molecule has 0 heterocycles. The van der Waals surface area contributed by atoms with E-state index in [2.05, 4.69) is 57.7 Å². The SMILES string of the molecule is C=C/C(=C\CC)Cc1ccc(C(C)C)cc1.CC.CC.